The second-order valence-electron chi connectivity index (χ2n) is 7.11. The minimum atomic E-state index is -0.710. The van der Waals surface area contributed by atoms with E-state index in [-0.39, 0.29) is 5.91 Å². The number of carbonyl (C=O) groups excluding carboxylic acids is 1. The Morgan fingerprint density at radius 2 is 1.72 bits per heavy atom. The van der Waals surface area contributed by atoms with Gasteiger partial charge in [0.2, 0.25) is 5.91 Å². The molecular weight excluding hydrogens is 226 g/mol. The van der Waals surface area contributed by atoms with E-state index < -0.39 is 5.60 Å². The van der Waals surface area contributed by atoms with Gasteiger partial charge < -0.3 is 10.4 Å². The molecule has 2 rings (SSSR count). The van der Waals surface area contributed by atoms with E-state index in [1.54, 1.807) is 0 Å². The Morgan fingerprint density at radius 3 is 2.28 bits per heavy atom. The number of nitrogens with one attached hydrogen (secondary N) is 1. The van der Waals surface area contributed by atoms with Gasteiger partial charge in [-0.1, -0.05) is 26.7 Å². The van der Waals surface area contributed by atoms with Crippen LogP contribution in [-0.4, -0.2) is 22.7 Å². The summed E-state index contributed by atoms with van der Waals surface area (Å²) in [4.78, 5) is 12.0. The van der Waals surface area contributed by atoms with Gasteiger partial charge in [0, 0.05) is 6.04 Å². The van der Waals surface area contributed by atoms with E-state index in [9.17, 15) is 9.90 Å². The zero-order valence-corrected chi connectivity index (χ0v) is 11.8. The molecule has 0 radical (unpaired) electrons. The Bertz CT molecular complexity index is 296. The van der Waals surface area contributed by atoms with Gasteiger partial charge in [0.1, 0.15) is 0 Å². The summed E-state index contributed by atoms with van der Waals surface area (Å²) in [7, 11) is 0. The minimum Gasteiger partial charge on any atom is -0.389 e. The van der Waals surface area contributed by atoms with Crippen LogP contribution < -0.4 is 5.32 Å². The molecule has 3 nitrogen and oxygen atoms in total. The highest BCUT2D eigenvalue weighted by molar-refractivity contribution is 5.77. The van der Waals surface area contributed by atoms with Crippen LogP contribution in [0.25, 0.3) is 0 Å². The summed E-state index contributed by atoms with van der Waals surface area (Å²) in [5, 5.41) is 13.3. The van der Waals surface area contributed by atoms with Gasteiger partial charge in [-0.25, -0.2) is 0 Å². The first kappa shape index (κ1) is 13.9. The maximum atomic E-state index is 12.0. The second-order valence-corrected chi connectivity index (χ2v) is 7.11. The van der Waals surface area contributed by atoms with Gasteiger partial charge in [0.15, 0.2) is 0 Å². The van der Waals surface area contributed by atoms with Crippen molar-refractivity contribution in [2.24, 2.45) is 5.41 Å². The van der Waals surface area contributed by atoms with E-state index in [0.29, 0.717) is 17.9 Å². The quantitative estimate of drug-likeness (QED) is 0.812. The monoisotopic (exact) mass is 253 g/mol. The van der Waals surface area contributed by atoms with Crippen molar-refractivity contribution in [1.82, 2.24) is 5.32 Å². The zero-order chi connectivity index (χ0) is 13.2. The van der Waals surface area contributed by atoms with Crippen molar-refractivity contribution in [3.05, 3.63) is 0 Å². The van der Waals surface area contributed by atoms with Crippen LogP contribution >= 0.6 is 0 Å². The predicted molar refractivity (Wildman–Crippen MR) is 72.2 cm³/mol. The molecule has 104 valence electrons. The summed E-state index contributed by atoms with van der Waals surface area (Å²) < 4.78 is 0. The third-order valence-electron chi connectivity index (χ3n) is 4.73. The first-order valence-corrected chi connectivity index (χ1v) is 7.40. The second kappa shape index (κ2) is 5.20. The third-order valence-corrected chi connectivity index (χ3v) is 4.73. The predicted octanol–water partition coefficient (Wildman–Crippen LogP) is 2.77. The molecule has 2 saturated carbocycles. The van der Waals surface area contributed by atoms with Gasteiger partial charge in [-0.2, -0.15) is 0 Å². The molecule has 0 aromatic rings. The van der Waals surface area contributed by atoms with Crippen LogP contribution in [0.4, 0.5) is 0 Å². The largest absolute Gasteiger partial charge is 0.389 e. The molecule has 0 saturated heterocycles. The number of rotatable bonds is 3. The molecule has 0 aromatic heterocycles. The topological polar surface area (TPSA) is 49.3 Å². The van der Waals surface area contributed by atoms with Gasteiger partial charge >= 0.3 is 0 Å². The molecule has 1 amide bonds. The molecule has 0 aliphatic heterocycles. The maximum absolute atomic E-state index is 12.0. The molecule has 2 aliphatic carbocycles. The Morgan fingerprint density at radius 1 is 1.17 bits per heavy atom. The number of amides is 1. The van der Waals surface area contributed by atoms with Crippen LogP contribution in [-0.2, 0) is 4.79 Å². The highest BCUT2D eigenvalue weighted by Crippen LogP contribution is 2.35. The first-order chi connectivity index (χ1) is 8.39. The van der Waals surface area contributed by atoms with E-state index in [0.717, 1.165) is 38.5 Å². The molecule has 2 fully saturated rings. The summed E-state index contributed by atoms with van der Waals surface area (Å²) in [6.07, 6.45) is 8.52. The van der Waals surface area contributed by atoms with Crippen LogP contribution in [0.1, 0.15) is 71.6 Å². The standard InChI is InChI=1S/C15H27NO2/c1-14(2)9-5-12(6-10-14)16-13(17)11-15(18)7-3-4-8-15/h12,18H,3-11H2,1-2H3,(H,16,17). The van der Waals surface area contributed by atoms with Crippen molar-refractivity contribution in [2.45, 2.75) is 83.3 Å². The Kier molecular flexibility index (Phi) is 4.00. The number of hydrogen-bond acceptors (Lipinski definition) is 2. The summed E-state index contributed by atoms with van der Waals surface area (Å²) >= 11 is 0. The van der Waals surface area contributed by atoms with E-state index in [2.05, 4.69) is 19.2 Å². The van der Waals surface area contributed by atoms with Gasteiger partial charge in [0.25, 0.3) is 0 Å². The lowest BCUT2D eigenvalue weighted by Crippen LogP contribution is -2.42. The molecule has 0 unspecified atom stereocenters. The number of aliphatic hydroxyl groups is 1. The first-order valence-electron chi connectivity index (χ1n) is 7.40. The number of hydrogen-bond donors (Lipinski definition) is 2. The summed E-state index contributed by atoms with van der Waals surface area (Å²) in [5.41, 5.74) is -0.275. The minimum absolute atomic E-state index is 0.0455. The molecule has 0 atom stereocenters. The van der Waals surface area contributed by atoms with Crippen molar-refractivity contribution in [1.29, 1.82) is 0 Å². The molecule has 0 bridgehead atoms. The van der Waals surface area contributed by atoms with Gasteiger partial charge in [-0.15, -0.1) is 0 Å². The normalized spacial score (nSPS) is 27.1. The van der Waals surface area contributed by atoms with Crippen LogP contribution in [0, 0.1) is 5.41 Å². The molecule has 2 aliphatic rings. The van der Waals surface area contributed by atoms with Crippen molar-refractivity contribution in [3.63, 3.8) is 0 Å². The van der Waals surface area contributed by atoms with E-state index >= 15 is 0 Å². The molecular formula is C15H27NO2. The van der Waals surface area contributed by atoms with Crippen molar-refractivity contribution < 1.29 is 9.90 Å². The third kappa shape index (κ3) is 3.71. The Labute approximate surface area is 110 Å². The van der Waals surface area contributed by atoms with Crippen molar-refractivity contribution >= 4 is 5.91 Å². The average Bonchev–Trinajstić information content (AvgIpc) is 2.68. The molecule has 0 aromatic carbocycles. The summed E-state index contributed by atoms with van der Waals surface area (Å²) in [6, 6.07) is 0.329. The zero-order valence-electron chi connectivity index (χ0n) is 11.8. The number of carbonyl (C=O) groups is 1. The summed E-state index contributed by atoms with van der Waals surface area (Å²) in [5.74, 6) is 0.0455. The fraction of sp³-hybridized carbons (Fsp3) is 0.933. The molecule has 3 heteroatoms. The van der Waals surface area contributed by atoms with E-state index in [1.807, 2.05) is 0 Å². The van der Waals surface area contributed by atoms with Crippen molar-refractivity contribution in [3.8, 4) is 0 Å². The molecule has 18 heavy (non-hydrogen) atoms. The SMILES string of the molecule is CC1(C)CCC(NC(=O)CC2(O)CCCC2)CC1. The van der Waals surface area contributed by atoms with E-state index in [1.165, 1.54) is 12.8 Å². The molecule has 2 N–H and O–H groups in total. The highest BCUT2D eigenvalue weighted by atomic mass is 16.3. The van der Waals surface area contributed by atoms with Crippen LogP contribution in [0.2, 0.25) is 0 Å². The summed E-state index contributed by atoms with van der Waals surface area (Å²) in [6.45, 7) is 4.60. The Hall–Kier alpha value is -0.570. The van der Waals surface area contributed by atoms with Gasteiger partial charge in [-0.3, -0.25) is 4.79 Å². The lowest BCUT2D eigenvalue weighted by atomic mass is 9.75. The smallest absolute Gasteiger partial charge is 0.223 e. The fourth-order valence-corrected chi connectivity index (χ4v) is 3.33. The lowest BCUT2D eigenvalue weighted by Gasteiger charge is -2.35. The fourth-order valence-electron chi connectivity index (χ4n) is 3.33. The van der Waals surface area contributed by atoms with Crippen LogP contribution in [0.3, 0.4) is 0 Å². The Balaban J connectivity index is 1.75. The van der Waals surface area contributed by atoms with Gasteiger partial charge in [-0.05, 0) is 43.9 Å². The average molecular weight is 253 g/mol. The molecule has 0 spiro atoms. The highest BCUT2D eigenvalue weighted by Gasteiger charge is 2.34. The van der Waals surface area contributed by atoms with E-state index in [4.69, 9.17) is 0 Å². The van der Waals surface area contributed by atoms with Gasteiger partial charge in [0.05, 0.1) is 12.0 Å². The van der Waals surface area contributed by atoms with Crippen LogP contribution in [0.5, 0.6) is 0 Å². The molecule has 0 heterocycles. The van der Waals surface area contributed by atoms with Crippen molar-refractivity contribution in [2.75, 3.05) is 0 Å². The van der Waals surface area contributed by atoms with Crippen LogP contribution in [0.15, 0.2) is 0 Å². The maximum Gasteiger partial charge on any atom is 0.223 e. The lowest BCUT2D eigenvalue weighted by molar-refractivity contribution is -0.127.